The fraction of sp³-hybridized carbons (Fsp3) is 0.250. The summed E-state index contributed by atoms with van der Waals surface area (Å²) in [6, 6.07) is 17.5. The van der Waals surface area contributed by atoms with Gasteiger partial charge in [0.1, 0.15) is 5.54 Å². The number of nitrogens with zero attached hydrogens (tertiary/aromatic N) is 1. The number of aromatic nitrogens is 1. The predicted octanol–water partition coefficient (Wildman–Crippen LogP) is 5.07. The molecule has 164 valence electrons. The van der Waals surface area contributed by atoms with Crippen molar-refractivity contribution in [3.05, 3.63) is 88.7 Å². The summed E-state index contributed by atoms with van der Waals surface area (Å²) in [6.07, 6.45) is -0.264. The van der Waals surface area contributed by atoms with Gasteiger partial charge in [-0.2, -0.15) is 0 Å². The Labute approximate surface area is 188 Å². The van der Waals surface area contributed by atoms with E-state index >= 15 is 0 Å². The lowest BCUT2D eigenvalue weighted by atomic mass is 9.80. The molecule has 1 unspecified atom stereocenters. The maximum atomic E-state index is 13.7. The highest BCUT2D eigenvalue weighted by atomic mass is 35.5. The first-order valence-electron chi connectivity index (χ1n) is 10.2. The first kappa shape index (κ1) is 20.7. The Hall–Kier alpha value is -3.19. The summed E-state index contributed by atoms with van der Waals surface area (Å²) in [6.45, 7) is 0. The molecule has 5 rings (SSSR count). The van der Waals surface area contributed by atoms with Gasteiger partial charge in [-0.05, 0) is 48.2 Å². The summed E-state index contributed by atoms with van der Waals surface area (Å²) in [5.74, 6) is -0.346. The minimum atomic E-state index is -3.74. The van der Waals surface area contributed by atoms with Crippen LogP contribution in [0.15, 0.2) is 66.9 Å². The Kier molecular flexibility index (Phi) is 5.01. The number of nitrogens with one attached hydrogen (secondary N) is 1. The molecule has 0 saturated heterocycles. The number of hydrogen-bond donors (Lipinski definition) is 1. The number of pyridine rings is 1. The van der Waals surface area contributed by atoms with Crippen molar-refractivity contribution >= 4 is 17.5 Å². The van der Waals surface area contributed by atoms with Crippen LogP contribution >= 0.6 is 11.6 Å². The zero-order valence-corrected chi connectivity index (χ0v) is 17.6. The molecule has 1 aliphatic heterocycles. The summed E-state index contributed by atoms with van der Waals surface area (Å²) < 4.78 is 36.6. The van der Waals surface area contributed by atoms with Gasteiger partial charge >= 0.3 is 6.29 Å². The third-order valence-corrected chi connectivity index (χ3v) is 5.88. The molecule has 1 fully saturated rings. The molecule has 1 amide bonds. The smallest absolute Gasteiger partial charge is 0.395 e. The van der Waals surface area contributed by atoms with E-state index in [1.54, 1.807) is 18.2 Å². The van der Waals surface area contributed by atoms with E-state index in [4.69, 9.17) is 16.3 Å². The molecule has 1 aliphatic carbocycles. The molecule has 5 nitrogen and oxygen atoms in total. The van der Waals surface area contributed by atoms with E-state index in [-0.39, 0.29) is 23.3 Å². The predicted molar refractivity (Wildman–Crippen MR) is 114 cm³/mol. The molecule has 2 heterocycles. The van der Waals surface area contributed by atoms with Gasteiger partial charge in [-0.3, -0.25) is 9.78 Å². The monoisotopic (exact) mass is 456 g/mol. The molecule has 1 saturated carbocycles. The molecule has 3 aromatic rings. The Balaban J connectivity index is 1.67. The van der Waals surface area contributed by atoms with Crippen LogP contribution in [-0.4, -0.2) is 17.2 Å². The second kappa shape index (κ2) is 7.74. The van der Waals surface area contributed by atoms with Crippen LogP contribution in [0, 0.1) is 5.92 Å². The second-order valence-corrected chi connectivity index (χ2v) is 8.46. The highest BCUT2D eigenvalue weighted by Gasteiger charge is 2.46. The highest BCUT2D eigenvalue weighted by molar-refractivity contribution is 6.30. The number of fused-ring (bicyclic) bond motifs is 1. The zero-order chi connectivity index (χ0) is 22.3. The van der Waals surface area contributed by atoms with Crippen LogP contribution in [0.3, 0.4) is 0 Å². The van der Waals surface area contributed by atoms with E-state index in [0.717, 1.165) is 18.4 Å². The van der Waals surface area contributed by atoms with Crippen molar-refractivity contribution in [3.8, 4) is 11.5 Å². The summed E-state index contributed by atoms with van der Waals surface area (Å²) in [7, 11) is 0. The molecule has 0 radical (unpaired) electrons. The Bertz CT molecular complexity index is 1150. The molecule has 0 bridgehead atoms. The van der Waals surface area contributed by atoms with Crippen LogP contribution in [0.5, 0.6) is 11.5 Å². The van der Waals surface area contributed by atoms with E-state index in [0.29, 0.717) is 22.7 Å². The van der Waals surface area contributed by atoms with Gasteiger partial charge in [0.15, 0.2) is 11.5 Å². The average Bonchev–Trinajstić information content (AvgIpc) is 3.56. The van der Waals surface area contributed by atoms with Crippen LogP contribution in [0.1, 0.15) is 29.7 Å². The zero-order valence-electron chi connectivity index (χ0n) is 16.9. The van der Waals surface area contributed by atoms with Crippen molar-refractivity contribution in [1.82, 2.24) is 10.3 Å². The molecule has 0 spiro atoms. The second-order valence-electron chi connectivity index (χ2n) is 8.02. The molecule has 1 N–H and O–H groups in total. The number of hydrogen-bond acceptors (Lipinski definition) is 4. The first-order chi connectivity index (χ1) is 15.3. The molecule has 2 aromatic carbocycles. The standard InChI is InChI=1S/C24H19ClF2N2O3/c25-18-9-11-21(28-14-18)23(29-22(30)16-6-7-16,13-15-4-2-1-3-5-15)17-8-10-19-20(12-17)32-24(26,27)31-19/h1-5,8-12,14,16H,6-7,13H2,(H,29,30). The van der Waals surface area contributed by atoms with Crippen LogP contribution in [0.2, 0.25) is 5.02 Å². The van der Waals surface area contributed by atoms with Gasteiger partial charge in [-0.25, -0.2) is 0 Å². The van der Waals surface area contributed by atoms with Gasteiger partial charge in [0.2, 0.25) is 5.91 Å². The number of ether oxygens (including phenoxy) is 2. The quantitative estimate of drug-likeness (QED) is 0.562. The van der Waals surface area contributed by atoms with Crippen molar-refractivity contribution in [3.63, 3.8) is 0 Å². The Morgan fingerprint density at radius 3 is 2.53 bits per heavy atom. The lowest BCUT2D eigenvalue weighted by Gasteiger charge is -2.35. The summed E-state index contributed by atoms with van der Waals surface area (Å²) in [5.41, 5.74) is 0.876. The average molecular weight is 457 g/mol. The number of rotatable bonds is 6. The van der Waals surface area contributed by atoms with E-state index in [1.807, 2.05) is 30.3 Å². The van der Waals surface area contributed by atoms with E-state index in [9.17, 15) is 13.6 Å². The number of benzene rings is 2. The van der Waals surface area contributed by atoms with E-state index < -0.39 is 11.8 Å². The lowest BCUT2D eigenvalue weighted by Crippen LogP contribution is -2.49. The molecule has 1 aromatic heterocycles. The largest absolute Gasteiger partial charge is 0.586 e. The van der Waals surface area contributed by atoms with Crippen molar-refractivity contribution in [1.29, 1.82) is 0 Å². The number of alkyl halides is 2. The number of amides is 1. The van der Waals surface area contributed by atoms with E-state index in [1.165, 1.54) is 18.3 Å². The van der Waals surface area contributed by atoms with Gasteiger partial charge < -0.3 is 14.8 Å². The molecule has 32 heavy (non-hydrogen) atoms. The minimum Gasteiger partial charge on any atom is -0.395 e. The first-order valence-corrected chi connectivity index (χ1v) is 10.6. The molecule has 2 aliphatic rings. The third-order valence-electron chi connectivity index (χ3n) is 5.66. The maximum Gasteiger partial charge on any atom is 0.586 e. The molecular weight excluding hydrogens is 438 g/mol. The van der Waals surface area contributed by atoms with Crippen molar-refractivity contribution in [2.45, 2.75) is 31.1 Å². The fourth-order valence-corrected chi connectivity index (χ4v) is 4.04. The summed E-state index contributed by atoms with van der Waals surface area (Å²) >= 11 is 6.07. The topological polar surface area (TPSA) is 60.5 Å². The molecule has 8 heteroatoms. The van der Waals surface area contributed by atoms with Crippen molar-refractivity contribution in [2.24, 2.45) is 5.92 Å². The number of halogens is 3. The minimum absolute atomic E-state index is 0.0649. The van der Waals surface area contributed by atoms with Crippen LogP contribution in [0.4, 0.5) is 8.78 Å². The van der Waals surface area contributed by atoms with E-state index in [2.05, 4.69) is 15.0 Å². The van der Waals surface area contributed by atoms with Gasteiger partial charge in [0.05, 0.1) is 10.7 Å². The lowest BCUT2D eigenvalue weighted by molar-refractivity contribution is -0.286. The van der Waals surface area contributed by atoms with Crippen molar-refractivity contribution in [2.75, 3.05) is 0 Å². The van der Waals surface area contributed by atoms with Crippen LogP contribution in [0.25, 0.3) is 0 Å². The molecular formula is C24H19ClF2N2O3. The fourth-order valence-electron chi connectivity index (χ4n) is 3.92. The Morgan fingerprint density at radius 1 is 1.09 bits per heavy atom. The van der Waals surface area contributed by atoms with Gasteiger partial charge in [0.25, 0.3) is 0 Å². The Morgan fingerprint density at radius 2 is 1.84 bits per heavy atom. The SMILES string of the molecule is O=C(NC(Cc1ccccc1)(c1ccc2c(c1)OC(F)(F)O2)c1ccc(Cl)cn1)C1CC1. The number of carbonyl (C=O) groups is 1. The highest BCUT2D eigenvalue weighted by Crippen LogP contribution is 2.45. The normalized spacial score (nSPS) is 18.1. The summed E-state index contributed by atoms with van der Waals surface area (Å²) in [5, 5.41) is 3.62. The number of carbonyl (C=O) groups excluding carboxylic acids is 1. The molecule has 1 atom stereocenters. The van der Waals surface area contributed by atoms with Crippen molar-refractivity contribution < 1.29 is 23.0 Å². The van der Waals surface area contributed by atoms with Gasteiger partial charge in [-0.15, -0.1) is 8.78 Å². The van der Waals surface area contributed by atoms with Gasteiger partial charge in [-0.1, -0.05) is 48.0 Å². The summed E-state index contributed by atoms with van der Waals surface area (Å²) in [4.78, 5) is 17.5. The van der Waals surface area contributed by atoms with Gasteiger partial charge in [0, 0.05) is 18.5 Å². The third kappa shape index (κ3) is 4.00. The van der Waals surface area contributed by atoms with Crippen LogP contribution in [-0.2, 0) is 16.8 Å². The van der Waals surface area contributed by atoms with Crippen LogP contribution < -0.4 is 14.8 Å². The maximum absolute atomic E-state index is 13.7.